The number of rotatable bonds is 6. The van der Waals surface area contributed by atoms with E-state index in [9.17, 15) is 9.59 Å². The molecule has 4 aromatic rings. The SMILES string of the molecule is Cc1nc(-c2ccc(CNC(=O)c3cccc(NC(=O)c4cccs4)c3)s2)cs1. The highest BCUT2D eigenvalue weighted by Gasteiger charge is 2.11. The maximum Gasteiger partial charge on any atom is 0.265 e. The molecule has 2 N–H and O–H groups in total. The molecule has 0 unspecified atom stereocenters. The highest BCUT2D eigenvalue weighted by atomic mass is 32.1. The van der Waals surface area contributed by atoms with E-state index < -0.39 is 0 Å². The standard InChI is InChI=1S/C21H17N3O2S3/c1-13-23-17(12-28-13)18-8-7-16(29-18)11-22-20(25)14-4-2-5-15(10-14)24-21(26)19-6-3-9-27-19/h2-10,12H,11H2,1H3,(H,22,25)(H,24,26). The molecule has 146 valence electrons. The Hall–Kier alpha value is -2.81. The fourth-order valence-electron chi connectivity index (χ4n) is 2.70. The first-order chi connectivity index (χ1) is 14.1. The normalized spacial score (nSPS) is 10.7. The van der Waals surface area contributed by atoms with Crippen molar-refractivity contribution in [2.45, 2.75) is 13.5 Å². The van der Waals surface area contributed by atoms with Gasteiger partial charge in [-0.25, -0.2) is 4.98 Å². The lowest BCUT2D eigenvalue weighted by Gasteiger charge is -2.07. The van der Waals surface area contributed by atoms with Crippen LogP contribution in [0.3, 0.4) is 0 Å². The van der Waals surface area contributed by atoms with Gasteiger partial charge in [-0.3, -0.25) is 9.59 Å². The van der Waals surface area contributed by atoms with Crippen LogP contribution in [-0.4, -0.2) is 16.8 Å². The van der Waals surface area contributed by atoms with Gasteiger partial charge in [0.05, 0.1) is 27.0 Å². The van der Waals surface area contributed by atoms with Crippen LogP contribution in [-0.2, 0) is 6.54 Å². The number of hydrogen-bond donors (Lipinski definition) is 2. The number of aromatic nitrogens is 1. The second-order valence-corrected chi connectivity index (χ2v) is 9.39. The molecule has 29 heavy (non-hydrogen) atoms. The molecule has 3 heterocycles. The third-order valence-electron chi connectivity index (χ3n) is 4.08. The second-order valence-electron chi connectivity index (χ2n) is 6.21. The van der Waals surface area contributed by atoms with E-state index in [1.807, 2.05) is 35.9 Å². The average molecular weight is 440 g/mol. The van der Waals surface area contributed by atoms with E-state index in [2.05, 4.69) is 15.6 Å². The van der Waals surface area contributed by atoms with Crippen LogP contribution in [0.25, 0.3) is 10.6 Å². The summed E-state index contributed by atoms with van der Waals surface area (Å²) >= 11 is 4.62. The van der Waals surface area contributed by atoms with Gasteiger partial charge in [-0.2, -0.15) is 0 Å². The van der Waals surface area contributed by atoms with Crippen molar-refractivity contribution in [3.05, 3.63) is 79.6 Å². The molecule has 0 radical (unpaired) electrons. The van der Waals surface area contributed by atoms with E-state index in [1.165, 1.54) is 11.3 Å². The Kier molecular flexibility index (Phi) is 5.84. The minimum absolute atomic E-state index is 0.180. The van der Waals surface area contributed by atoms with Gasteiger partial charge in [0.1, 0.15) is 0 Å². The van der Waals surface area contributed by atoms with Crippen molar-refractivity contribution in [2.24, 2.45) is 0 Å². The van der Waals surface area contributed by atoms with Gasteiger partial charge in [-0.1, -0.05) is 12.1 Å². The number of hydrogen-bond acceptors (Lipinski definition) is 6. The predicted molar refractivity (Wildman–Crippen MR) is 120 cm³/mol. The number of thiophene rings is 2. The molecule has 0 saturated heterocycles. The number of benzene rings is 1. The molecule has 5 nitrogen and oxygen atoms in total. The van der Waals surface area contributed by atoms with Crippen molar-refractivity contribution >= 4 is 51.5 Å². The number of carbonyl (C=O) groups is 2. The van der Waals surface area contributed by atoms with Gasteiger partial charge in [0, 0.05) is 21.5 Å². The molecule has 0 aliphatic heterocycles. The maximum absolute atomic E-state index is 12.5. The Morgan fingerprint density at radius 2 is 1.93 bits per heavy atom. The number of anilines is 1. The quantitative estimate of drug-likeness (QED) is 0.421. The van der Waals surface area contributed by atoms with Crippen LogP contribution in [0.15, 0.2) is 59.3 Å². The van der Waals surface area contributed by atoms with E-state index in [1.54, 1.807) is 53.0 Å². The van der Waals surface area contributed by atoms with Crippen LogP contribution < -0.4 is 10.6 Å². The molecule has 3 aromatic heterocycles. The molecule has 1 aromatic carbocycles. The first-order valence-electron chi connectivity index (χ1n) is 8.83. The Morgan fingerprint density at radius 3 is 2.69 bits per heavy atom. The highest BCUT2D eigenvalue weighted by Crippen LogP contribution is 2.29. The fraction of sp³-hybridized carbons (Fsp3) is 0.0952. The van der Waals surface area contributed by atoms with Crippen LogP contribution in [0.2, 0.25) is 0 Å². The number of nitrogens with one attached hydrogen (secondary N) is 2. The third kappa shape index (κ3) is 4.79. The maximum atomic E-state index is 12.5. The average Bonchev–Trinajstić information content (AvgIpc) is 3.47. The minimum Gasteiger partial charge on any atom is -0.347 e. The zero-order valence-electron chi connectivity index (χ0n) is 15.5. The molecule has 0 atom stereocenters. The number of thiazole rings is 1. The van der Waals surface area contributed by atoms with Crippen LogP contribution in [0, 0.1) is 6.92 Å². The first-order valence-corrected chi connectivity index (χ1v) is 11.4. The molecule has 0 saturated carbocycles. The molecule has 0 spiro atoms. The Balaban J connectivity index is 1.37. The Labute approximate surface area is 180 Å². The smallest absolute Gasteiger partial charge is 0.265 e. The van der Waals surface area contributed by atoms with Crippen molar-refractivity contribution in [1.29, 1.82) is 0 Å². The summed E-state index contributed by atoms with van der Waals surface area (Å²) in [6.07, 6.45) is 0. The van der Waals surface area contributed by atoms with Gasteiger partial charge in [0.2, 0.25) is 0 Å². The summed E-state index contributed by atoms with van der Waals surface area (Å²) in [5.41, 5.74) is 2.07. The van der Waals surface area contributed by atoms with Crippen LogP contribution in [0.5, 0.6) is 0 Å². The van der Waals surface area contributed by atoms with Crippen molar-refractivity contribution in [3.8, 4) is 10.6 Å². The van der Waals surface area contributed by atoms with Gasteiger partial charge < -0.3 is 10.6 Å². The first kappa shape index (κ1) is 19.5. The van der Waals surface area contributed by atoms with Crippen molar-refractivity contribution in [3.63, 3.8) is 0 Å². The van der Waals surface area contributed by atoms with Gasteiger partial charge >= 0.3 is 0 Å². The fourth-order valence-corrected chi connectivity index (χ4v) is 4.91. The van der Waals surface area contributed by atoms with E-state index >= 15 is 0 Å². The molecule has 0 bridgehead atoms. The molecule has 0 fully saturated rings. The molecule has 4 rings (SSSR count). The lowest BCUT2D eigenvalue weighted by Crippen LogP contribution is -2.22. The number of aryl methyl sites for hydroxylation is 1. The van der Waals surface area contributed by atoms with Crippen LogP contribution >= 0.6 is 34.0 Å². The second kappa shape index (κ2) is 8.69. The van der Waals surface area contributed by atoms with Crippen LogP contribution in [0.4, 0.5) is 5.69 Å². The Morgan fingerprint density at radius 1 is 1.03 bits per heavy atom. The molecular formula is C21H17N3O2S3. The Bertz CT molecular complexity index is 1150. The zero-order chi connectivity index (χ0) is 20.2. The molecule has 2 amide bonds. The summed E-state index contributed by atoms with van der Waals surface area (Å²) in [4.78, 5) is 32.0. The van der Waals surface area contributed by atoms with E-state index in [-0.39, 0.29) is 11.8 Å². The lowest BCUT2D eigenvalue weighted by molar-refractivity contribution is 0.0950. The molecular weight excluding hydrogens is 422 g/mol. The van der Waals surface area contributed by atoms with Crippen LogP contribution in [0.1, 0.15) is 29.9 Å². The van der Waals surface area contributed by atoms with Crippen molar-refractivity contribution < 1.29 is 9.59 Å². The number of amides is 2. The zero-order valence-corrected chi connectivity index (χ0v) is 17.9. The summed E-state index contributed by atoms with van der Waals surface area (Å²) in [6.45, 7) is 2.43. The van der Waals surface area contributed by atoms with Crippen molar-refractivity contribution in [1.82, 2.24) is 10.3 Å². The van der Waals surface area contributed by atoms with Gasteiger partial charge in [-0.05, 0) is 48.7 Å². The number of carbonyl (C=O) groups excluding carboxylic acids is 2. The molecule has 0 aliphatic rings. The number of nitrogens with zero attached hydrogens (tertiary/aromatic N) is 1. The summed E-state index contributed by atoms with van der Waals surface area (Å²) in [5, 5.41) is 10.7. The topological polar surface area (TPSA) is 71.1 Å². The van der Waals surface area contributed by atoms with Gasteiger partial charge in [0.15, 0.2) is 0 Å². The molecule has 8 heteroatoms. The largest absolute Gasteiger partial charge is 0.347 e. The summed E-state index contributed by atoms with van der Waals surface area (Å²) in [6, 6.07) is 14.6. The highest BCUT2D eigenvalue weighted by molar-refractivity contribution is 7.16. The monoisotopic (exact) mass is 439 g/mol. The summed E-state index contributed by atoms with van der Waals surface area (Å²) in [5.74, 6) is -0.363. The van der Waals surface area contributed by atoms with Gasteiger partial charge in [0.25, 0.3) is 11.8 Å². The molecule has 0 aliphatic carbocycles. The van der Waals surface area contributed by atoms with E-state index in [0.29, 0.717) is 22.7 Å². The summed E-state index contributed by atoms with van der Waals surface area (Å²) < 4.78 is 0. The van der Waals surface area contributed by atoms with Crippen molar-refractivity contribution in [2.75, 3.05) is 5.32 Å². The minimum atomic E-state index is -0.184. The summed E-state index contributed by atoms with van der Waals surface area (Å²) in [7, 11) is 0. The predicted octanol–water partition coefficient (Wildman–Crippen LogP) is 5.42. The lowest BCUT2D eigenvalue weighted by atomic mass is 10.2. The third-order valence-corrected chi connectivity index (χ3v) is 6.83. The van der Waals surface area contributed by atoms with Gasteiger partial charge in [-0.15, -0.1) is 34.0 Å². The van der Waals surface area contributed by atoms with E-state index in [4.69, 9.17) is 0 Å². The van der Waals surface area contributed by atoms with E-state index in [0.717, 1.165) is 20.5 Å².